The molecule has 0 aromatic heterocycles. The zero-order valence-corrected chi connectivity index (χ0v) is 10.2. The van der Waals surface area contributed by atoms with Crippen LogP contribution in [0.2, 0.25) is 0 Å². The molecule has 0 aliphatic heterocycles. The van der Waals surface area contributed by atoms with E-state index < -0.39 is 35.5 Å². The number of rotatable bonds is 3. The van der Waals surface area contributed by atoms with Gasteiger partial charge in [0.25, 0.3) is 0 Å². The second kappa shape index (κ2) is 10.4. The maximum Gasteiger partial charge on any atom is 1.00 e. The zero-order valence-electron chi connectivity index (χ0n) is 7.43. The van der Waals surface area contributed by atoms with Crippen molar-refractivity contribution >= 4 is 23.3 Å². The van der Waals surface area contributed by atoms with Gasteiger partial charge in [-0.2, -0.15) is 0 Å². The first-order valence-corrected chi connectivity index (χ1v) is 3.83. The molecule has 0 aromatic carbocycles. The number of aliphatic hydroxyl groups is 2. The molecule has 0 spiro atoms. The first-order valence-electron chi connectivity index (χ1n) is 2.80. The molecule has 0 aromatic rings. The van der Waals surface area contributed by atoms with Crippen LogP contribution < -0.4 is 29.6 Å². The van der Waals surface area contributed by atoms with Crippen LogP contribution in [0.3, 0.4) is 0 Å². The van der Waals surface area contributed by atoms with Gasteiger partial charge in [0.2, 0.25) is 0 Å². The third-order valence-electron chi connectivity index (χ3n) is 0.805. The van der Waals surface area contributed by atoms with E-state index in [-0.39, 0.29) is 29.6 Å². The molecule has 0 radical (unpaired) electrons. The number of hydrogen-bond donors (Lipinski definition) is 5. The summed E-state index contributed by atoms with van der Waals surface area (Å²) in [6.07, 6.45) is -4.53. The number of hydrogen-bond acceptors (Lipinski definition) is 6. The number of carboxylic acids is 2. The Hall–Kier alpha value is -0.0700. The summed E-state index contributed by atoms with van der Waals surface area (Å²) in [5, 5.41) is 32.5. The fourth-order valence-electron chi connectivity index (χ4n) is 0.270. The average molecular weight is 254 g/mol. The summed E-state index contributed by atoms with van der Waals surface area (Å²) in [4.78, 5) is 19.5. The van der Waals surface area contributed by atoms with E-state index in [1.54, 1.807) is 0 Å². The Morgan fingerprint density at radius 2 is 1.20 bits per heavy atom. The van der Waals surface area contributed by atoms with E-state index in [4.69, 9.17) is 33.7 Å². The SMILES string of the molecule is O=C(O)C(O)C(O)C(=O)O.O=S([O-])O.[Na+]. The first kappa shape index (κ1) is 20.4. The van der Waals surface area contributed by atoms with E-state index >= 15 is 0 Å². The van der Waals surface area contributed by atoms with E-state index in [1.165, 1.54) is 0 Å². The molecule has 0 saturated heterocycles. The van der Waals surface area contributed by atoms with Crippen molar-refractivity contribution in [1.82, 2.24) is 0 Å². The van der Waals surface area contributed by atoms with Gasteiger partial charge in [0.15, 0.2) is 12.2 Å². The second-order valence-electron chi connectivity index (χ2n) is 1.78. The van der Waals surface area contributed by atoms with Crippen molar-refractivity contribution in [1.29, 1.82) is 0 Å². The maximum atomic E-state index is 9.77. The van der Waals surface area contributed by atoms with Crippen molar-refractivity contribution in [2.24, 2.45) is 0 Å². The van der Waals surface area contributed by atoms with E-state index in [2.05, 4.69) is 0 Å². The Balaban J connectivity index is -0.000000249. The summed E-state index contributed by atoms with van der Waals surface area (Å²) < 4.78 is 24.1. The van der Waals surface area contributed by atoms with Crippen LogP contribution in [0.15, 0.2) is 0 Å². The Morgan fingerprint density at radius 3 is 1.27 bits per heavy atom. The average Bonchev–Trinajstić information content (AvgIpc) is 2.00. The van der Waals surface area contributed by atoms with Gasteiger partial charge >= 0.3 is 41.5 Å². The molecule has 3 atom stereocenters. The van der Waals surface area contributed by atoms with Crippen LogP contribution in [0.4, 0.5) is 0 Å². The van der Waals surface area contributed by atoms with Gasteiger partial charge in [-0.05, 0) is 0 Å². The second-order valence-corrected chi connectivity index (χ2v) is 2.22. The Morgan fingerprint density at radius 1 is 1.07 bits per heavy atom. The van der Waals surface area contributed by atoms with Crippen LogP contribution in [0.5, 0.6) is 0 Å². The molecule has 0 heterocycles. The number of carboxylic acid groups (broad SMARTS) is 2. The van der Waals surface area contributed by atoms with E-state index in [1.807, 2.05) is 0 Å². The minimum Gasteiger partial charge on any atom is -0.750 e. The summed E-state index contributed by atoms with van der Waals surface area (Å²) in [5.74, 6) is -3.54. The maximum absolute atomic E-state index is 9.77. The normalized spacial score (nSPS) is 14.7. The third-order valence-corrected chi connectivity index (χ3v) is 0.805. The molecule has 84 valence electrons. The molecule has 0 aliphatic rings. The fraction of sp³-hybridized carbons (Fsp3) is 0.500. The quantitative estimate of drug-likeness (QED) is 0.242. The van der Waals surface area contributed by atoms with Gasteiger partial charge in [-0.3, -0.25) is 0 Å². The molecule has 9 nitrogen and oxygen atoms in total. The number of carbonyl (C=O) groups is 2. The summed E-state index contributed by atoms with van der Waals surface area (Å²) in [7, 11) is 0. The van der Waals surface area contributed by atoms with Crippen LogP contribution in [0.1, 0.15) is 0 Å². The van der Waals surface area contributed by atoms with E-state index in [0.717, 1.165) is 0 Å². The monoisotopic (exact) mass is 254 g/mol. The predicted molar refractivity (Wildman–Crippen MR) is 38.8 cm³/mol. The summed E-state index contributed by atoms with van der Waals surface area (Å²) >= 11 is -2.86. The van der Waals surface area contributed by atoms with Crippen molar-refractivity contribution in [3.05, 3.63) is 0 Å². The van der Waals surface area contributed by atoms with Crippen molar-refractivity contribution < 1.29 is 72.9 Å². The Kier molecular flexibility index (Phi) is 14.2. The minimum absolute atomic E-state index is 0. The van der Waals surface area contributed by atoms with Crippen LogP contribution in [0.25, 0.3) is 0 Å². The van der Waals surface area contributed by atoms with Gasteiger partial charge in [-0.15, -0.1) is 0 Å². The minimum atomic E-state index is -2.86. The van der Waals surface area contributed by atoms with Crippen LogP contribution in [0, 0.1) is 0 Å². The van der Waals surface area contributed by atoms with Gasteiger partial charge < -0.3 is 29.5 Å². The standard InChI is InChI=1S/C4H6O6.Na.H2O3S/c5-1(3(7)8)2(6)4(9)10;;1-4(2)3/h1-2,5-6H,(H,7,8)(H,9,10);;(H2,1,2,3)/q;+1;/p-1. The third kappa shape index (κ3) is 13.9. The Bertz CT molecular complexity index is 208. The molecule has 3 unspecified atom stereocenters. The molecular formula is C4H7NaO9S. The number of aliphatic hydroxyl groups excluding tert-OH is 2. The van der Waals surface area contributed by atoms with Gasteiger partial charge in [-0.1, -0.05) is 0 Å². The van der Waals surface area contributed by atoms with Gasteiger partial charge in [0.1, 0.15) is 0 Å². The van der Waals surface area contributed by atoms with Gasteiger partial charge in [0.05, 0.1) is 11.4 Å². The van der Waals surface area contributed by atoms with Crippen molar-refractivity contribution in [3.8, 4) is 0 Å². The molecular weight excluding hydrogens is 247 g/mol. The van der Waals surface area contributed by atoms with Crippen molar-refractivity contribution in [3.63, 3.8) is 0 Å². The van der Waals surface area contributed by atoms with E-state index in [9.17, 15) is 9.59 Å². The summed E-state index contributed by atoms with van der Waals surface area (Å²) in [6, 6.07) is 0. The summed E-state index contributed by atoms with van der Waals surface area (Å²) in [6.45, 7) is 0. The fourth-order valence-corrected chi connectivity index (χ4v) is 0.270. The zero-order chi connectivity index (χ0) is 11.9. The topological polar surface area (TPSA) is 175 Å². The predicted octanol–water partition coefficient (Wildman–Crippen LogP) is -5.78. The van der Waals surface area contributed by atoms with Crippen LogP contribution in [-0.4, -0.2) is 57.9 Å². The van der Waals surface area contributed by atoms with E-state index in [0.29, 0.717) is 0 Å². The van der Waals surface area contributed by atoms with Crippen LogP contribution in [-0.2, 0) is 21.0 Å². The summed E-state index contributed by atoms with van der Waals surface area (Å²) in [5.41, 5.74) is 0. The largest absolute Gasteiger partial charge is 1.00 e. The molecule has 0 bridgehead atoms. The first-order chi connectivity index (χ1) is 6.20. The smallest absolute Gasteiger partial charge is 0.750 e. The van der Waals surface area contributed by atoms with Gasteiger partial charge in [0, 0.05) is 0 Å². The van der Waals surface area contributed by atoms with Gasteiger partial charge in [-0.25, -0.2) is 13.8 Å². The molecule has 0 amide bonds. The molecule has 0 fully saturated rings. The molecule has 15 heavy (non-hydrogen) atoms. The molecule has 5 N–H and O–H groups in total. The van der Waals surface area contributed by atoms with Crippen molar-refractivity contribution in [2.45, 2.75) is 12.2 Å². The number of aliphatic carboxylic acids is 2. The van der Waals surface area contributed by atoms with Crippen LogP contribution >= 0.6 is 0 Å². The molecule has 0 rings (SSSR count). The molecule has 0 saturated carbocycles. The molecule has 0 aliphatic carbocycles. The van der Waals surface area contributed by atoms with Crippen molar-refractivity contribution in [2.75, 3.05) is 0 Å². The Labute approximate surface area is 108 Å². The molecule has 11 heteroatoms.